The van der Waals surface area contributed by atoms with Gasteiger partial charge in [-0.15, -0.1) is 0 Å². The number of fused-ring (bicyclic) bond motifs is 1. The number of ether oxygens (including phenoxy) is 1. The van der Waals surface area contributed by atoms with Crippen LogP contribution >= 0.6 is 0 Å². The van der Waals surface area contributed by atoms with Gasteiger partial charge in [0.1, 0.15) is 18.2 Å². The molecule has 0 saturated carbocycles. The molecule has 4 aromatic rings. The van der Waals surface area contributed by atoms with E-state index in [2.05, 4.69) is 0 Å². The van der Waals surface area contributed by atoms with Crippen molar-refractivity contribution in [1.29, 1.82) is 5.41 Å². The van der Waals surface area contributed by atoms with Crippen molar-refractivity contribution in [3.05, 3.63) is 89.7 Å². The molecule has 186 valence electrons. The summed E-state index contributed by atoms with van der Waals surface area (Å²) in [4.78, 5) is 17.1. The summed E-state index contributed by atoms with van der Waals surface area (Å²) >= 11 is 0. The van der Waals surface area contributed by atoms with Crippen LogP contribution in [0.1, 0.15) is 23.9 Å². The Balaban J connectivity index is 1.71. The smallest absolute Gasteiger partial charge is 0.326 e. The van der Waals surface area contributed by atoms with E-state index < -0.39 is 22.5 Å². The van der Waals surface area contributed by atoms with Gasteiger partial charge in [-0.2, -0.15) is 0 Å². The van der Waals surface area contributed by atoms with Gasteiger partial charge in [0.15, 0.2) is 0 Å². The van der Waals surface area contributed by atoms with Crippen LogP contribution in [0.5, 0.6) is 0 Å². The third-order valence-corrected chi connectivity index (χ3v) is 7.57. The molecule has 1 heterocycles. The number of benzene rings is 3. The van der Waals surface area contributed by atoms with Crippen molar-refractivity contribution < 1.29 is 17.9 Å². The molecule has 0 aliphatic heterocycles. The summed E-state index contributed by atoms with van der Waals surface area (Å²) in [5, 5.41) is 7.54. The lowest BCUT2D eigenvalue weighted by Gasteiger charge is -2.23. The second-order valence-corrected chi connectivity index (χ2v) is 10.0. The molecule has 0 aliphatic carbocycles. The minimum absolute atomic E-state index is 0.00892. The van der Waals surface area contributed by atoms with Crippen molar-refractivity contribution in [1.82, 2.24) is 9.55 Å². The van der Waals surface area contributed by atoms with Gasteiger partial charge in [0.25, 0.3) is 10.0 Å². The number of nitrogens with two attached hydrogens (primary N) is 1. The monoisotopic (exact) mass is 505 g/mol. The van der Waals surface area contributed by atoms with Gasteiger partial charge in [-0.3, -0.25) is 14.5 Å². The van der Waals surface area contributed by atoms with Crippen molar-refractivity contribution in [2.75, 3.05) is 17.5 Å². The highest BCUT2D eigenvalue weighted by atomic mass is 32.2. The Bertz CT molecular complexity index is 1510. The number of nitrogens with zero attached hydrogens (tertiary/aromatic N) is 3. The third-order valence-electron chi connectivity index (χ3n) is 5.78. The Labute approximate surface area is 209 Å². The Morgan fingerprint density at radius 2 is 1.78 bits per heavy atom. The molecule has 0 spiro atoms. The molecule has 10 heteroatoms. The molecule has 0 aliphatic rings. The molecular weight excluding hydrogens is 478 g/mol. The molecule has 0 amide bonds. The van der Waals surface area contributed by atoms with E-state index in [1.165, 1.54) is 12.1 Å². The molecule has 9 nitrogen and oxygen atoms in total. The van der Waals surface area contributed by atoms with Crippen LogP contribution in [0.15, 0.2) is 77.7 Å². The van der Waals surface area contributed by atoms with Crippen LogP contribution in [0.2, 0.25) is 0 Å². The Kier molecular flexibility index (Phi) is 7.07. The van der Waals surface area contributed by atoms with Gasteiger partial charge < -0.3 is 15.0 Å². The molecule has 3 N–H and O–H groups in total. The highest BCUT2D eigenvalue weighted by molar-refractivity contribution is 7.92. The van der Waals surface area contributed by atoms with Crippen LogP contribution in [0.25, 0.3) is 11.0 Å². The summed E-state index contributed by atoms with van der Waals surface area (Å²) in [6.07, 6.45) is 0.535. The number of imidazole rings is 1. The predicted octanol–water partition coefficient (Wildman–Crippen LogP) is 3.21. The van der Waals surface area contributed by atoms with Gasteiger partial charge in [-0.05, 0) is 42.8 Å². The standard InChI is InChI=1S/C26H27N5O4S/c1-3-35-25(32)17-31(36(33,34)21-7-5-4-6-8-21)20-13-14-23-22(16-20)29-24(30(23)2)15-18-9-11-19(12-10-18)26(27)28/h4-14,16H,3,15,17H2,1-2H3,(H3,27,28). The summed E-state index contributed by atoms with van der Waals surface area (Å²) in [7, 11) is -2.13. The first-order chi connectivity index (χ1) is 17.2. The Morgan fingerprint density at radius 3 is 2.42 bits per heavy atom. The quantitative estimate of drug-likeness (QED) is 0.204. The molecular formula is C26H27N5O4S. The molecule has 4 rings (SSSR count). The number of hydrogen-bond acceptors (Lipinski definition) is 6. The number of carbonyl (C=O) groups is 1. The van der Waals surface area contributed by atoms with E-state index in [9.17, 15) is 13.2 Å². The molecule has 1 aromatic heterocycles. The van der Waals surface area contributed by atoms with Crippen LogP contribution < -0.4 is 10.0 Å². The van der Waals surface area contributed by atoms with Crippen LogP contribution in [0.3, 0.4) is 0 Å². The summed E-state index contributed by atoms with van der Waals surface area (Å²) in [6.45, 7) is 1.36. The average molecular weight is 506 g/mol. The van der Waals surface area contributed by atoms with Crippen LogP contribution in [-0.2, 0) is 33.0 Å². The van der Waals surface area contributed by atoms with E-state index in [-0.39, 0.29) is 17.3 Å². The van der Waals surface area contributed by atoms with Crippen LogP contribution in [0, 0.1) is 5.41 Å². The molecule has 0 atom stereocenters. The fourth-order valence-corrected chi connectivity index (χ4v) is 5.32. The van der Waals surface area contributed by atoms with Crippen molar-refractivity contribution in [2.24, 2.45) is 12.8 Å². The van der Waals surface area contributed by atoms with Gasteiger partial charge >= 0.3 is 5.97 Å². The number of rotatable bonds is 9. The fourth-order valence-electron chi connectivity index (χ4n) is 3.89. The number of aryl methyl sites for hydroxylation is 1. The first kappa shape index (κ1) is 24.9. The number of aromatic nitrogens is 2. The number of hydrogen-bond donors (Lipinski definition) is 2. The van der Waals surface area contributed by atoms with Gasteiger partial charge in [-0.25, -0.2) is 13.4 Å². The lowest BCUT2D eigenvalue weighted by molar-refractivity contribution is -0.141. The van der Waals surface area contributed by atoms with E-state index in [0.717, 1.165) is 21.2 Å². The average Bonchev–Trinajstić information content (AvgIpc) is 3.17. The van der Waals surface area contributed by atoms with Gasteiger partial charge in [0, 0.05) is 19.0 Å². The van der Waals surface area contributed by atoms with Gasteiger partial charge in [0.05, 0.1) is 28.2 Å². The molecule has 0 unspecified atom stereocenters. The van der Waals surface area contributed by atoms with Gasteiger partial charge in [-0.1, -0.05) is 42.5 Å². The second kappa shape index (κ2) is 10.2. The molecule has 0 fully saturated rings. The molecule has 0 bridgehead atoms. The number of amidine groups is 1. The number of carbonyl (C=O) groups excluding carboxylic acids is 1. The minimum Gasteiger partial charge on any atom is -0.465 e. The lowest BCUT2D eigenvalue weighted by atomic mass is 10.1. The summed E-state index contributed by atoms with van der Waals surface area (Å²) in [6, 6.07) is 20.5. The largest absolute Gasteiger partial charge is 0.465 e. The molecule has 0 radical (unpaired) electrons. The normalized spacial score (nSPS) is 11.4. The van der Waals surface area contributed by atoms with E-state index in [4.69, 9.17) is 20.9 Å². The second-order valence-electron chi connectivity index (χ2n) is 8.18. The summed E-state index contributed by atoms with van der Waals surface area (Å²) in [5.74, 6) is 0.142. The fraction of sp³-hybridized carbons (Fsp3) is 0.192. The summed E-state index contributed by atoms with van der Waals surface area (Å²) in [5.41, 5.74) is 8.91. The van der Waals surface area contributed by atoms with E-state index >= 15 is 0 Å². The minimum atomic E-state index is -4.03. The number of nitrogens with one attached hydrogen (secondary N) is 1. The summed E-state index contributed by atoms with van der Waals surface area (Å²) < 4.78 is 35.0. The molecule has 3 aromatic carbocycles. The van der Waals surface area contributed by atoms with Crippen molar-refractivity contribution in [3.8, 4) is 0 Å². The van der Waals surface area contributed by atoms with E-state index in [1.807, 2.05) is 23.7 Å². The van der Waals surface area contributed by atoms with Crippen molar-refractivity contribution in [2.45, 2.75) is 18.2 Å². The number of esters is 1. The number of anilines is 1. The first-order valence-electron chi connectivity index (χ1n) is 11.3. The SMILES string of the molecule is CCOC(=O)CN(c1ccc2c(c1)nc(Cc1ccc(C(=N)N)cc1)n2C)S(=O)(=O)c1ccccc1. The van der Waals surface area contributed by atoms with Crippen LogP contribution in [0.4, 0.5) is 5.69 Å². The first-order valence-corrected chi connectivity index (χ1v) is 12.8. The molecule has 0 saturated heterocycles. The zero-order valence-electron chi connectivity index (χ0n) is 20.0. The number of sulfonamides is 1. The number of nitrogen functional groups attached to an aromatic ring is 1. The lowest BCUT2D eigenvalue weighted by Crippen LogP contribution is -2.36. The predicted molar refractivity (Wildman–Crippen MR) is 139 cm³/mol. The maximum atomic E-state index is 13.5. The zero-order valence-corrected chi connectivity index (χ0v) is 20.8. The van der Waals surface area contributed by atoms with Crippen molar-refractivity contribution in [3.63, 3.8) is 0 Å². The van der Waals surface area contributed by atoms with Gasteiger partial charge in [0.2, 0.25) is 0 Å². The third kappa shape index (κ3) is 5.08. The Hall–Kier alpha value is -4.18. The highest BCUT2D eigenvalue weighted by Crippen LogP contribution is 2.28. The maximum Gasteiger partial charge on any atom is 0.326 e. The Morgan fingerprint density at radius 1 is 1.08 bits per heavy atom. The van der Waals surface area contributed by atoms with E-state index in [1.54, 1.807) is 55.5 Å². The topological polar surface area (TPSA) is 131 Å². The van der Waals surface area contributed by atoms with E-state index in [0.29, 0.717) is 23.2 Å². The van der Waals surface area contributed by atoms with Crippen molar-refractivity contribution >= 4 is 38.5 Å². The zero-order chi connectivity index (χ0) is 25.9. The highest BCUT2D eigenvalue weighted by Gasteiger charge is 2.28. The maximum absolute atomic E-state index is 13.5. The molecule has 36 heavy (non-hydrogen) atoms. The van der Waals surface area contributed by atoms with Crippen LogP contribution in [-0.4, -0.2) is 42.9 Å².